The molecule has 3 N–H and O–H groups in total. The third kappa shape index (κ3) is 5.63. The average Bonchev–Trinajstić information content (AvgIpc) is 2.50. The molecule has 1 aromatic carbocycles. The van der Waals surface area contributed by atoms with Crippen molar-refractivity contribution in [2.75, 3.05) is 6.54 Å². The Balaban J connectivity index is 2.63. The van der Waals surface area contributed by atoms with Crippen molar-refractivity contribution < 1.29 is 9.59 Å². The predicted molar refractivity (Wildman–Crippen MR) is 85.4 cm³/mol. The van der Waals surface area contributed by atoms with Crippen LogP contribution >= 0.6 is 0 Å². The molecule has 114 valence electrons. The third-order valence-electron chi connectivity index (χ3n) is 2.99. The molecule has 0 unspecified atom stereocenters. The summed E-state index contributed by atoms with van der Waals surface area (Å²) >= 11 is 0. The standard InChI is InChI=1S/C17H19N3O2/c1-12(2)17(22)20-9-3-4-15(16(19)21)10-13-5-7-14(11-18)8-6-13/h5-8,10H,1,3-4,9H2,2H3,(H2,19,21)(H,20,22)/b15-10+. The topological polar surface area (TPSA) is 96.0 Å². The molecule has 0 aliphatic heterocycles. The average molecular weight is 297 g/mol. The summed E-state index contributed by atoms with van der Waals surface area (Å²) in [4.78, 5) is 22.8. The lowest BCUT2D eigenvalue weighted by molar-refractivity contribution is -0.117. The molecule has 0 bridgehead atoms. The van der Waals surface area contributed by atoms with Gasteiger partial charge in [-0.2, -0.15) is 5.26 Å². The normalized spacial score (nSPS) is 10.6. The zero-order chi connectivity index (χ0) is 16.5. The Bertz CT molecular complexity index is 637. The van der Waals surface area contributed by atoms with Crippen LogP contribution in [0.2, 0.25) is 0 Å². The van der Waals surface area contributed by atoms with Gasteiger partial charge in [0.15, 0.2) is 0 Å². The van der Waals surface area contributed by atoms with Crippen LogP contribution in [0.3, 0.4) is 0 Å². The summed E-state index contributed by atoms with van der Waals surface area (Å²) in [6.45, 7) is 5.63. The Kier molecular flexibility index (Phi) is 6.58. The molecule has 5 nitrogen and oxygen atoms in total. The zero-order valence-electron chi connectivity index (χ0n) is 12.6. The summed E-state index contributed by atoms with van der Waals surface area (Å²) in [7, 11) is 0. The fraction of sp³-hybridized carbons (Fsp3) is 0.235. The Morgan fingerprint density at radius 2 is 2.00 bits per heavy atom. The Morgan fingerprint density at radius 3 is 2.50 bits per heavy atom. The lowest BCUT2D eigenvalue weighted by atomic mass is 10.0. The van der Waals surface area contributed by atoms with E-state index in [1.165, 1.54) is 0 Å². The first-order chi connectivity index (χ1) is 10.4. The van der Waals surface area contributed by atoms with E-state index < -0.39 is 5.91 Å². The number of hydrogen-bond acceptors (Lipinski definition) is 3. The number of nitrogens with two attached hydrogens (primary N) is 1. The van der Waals surface area contributed by atoms with Crippen molar-refractivity contribution in [3.8, 4) is 6.07 Å². The first-order valence-corrected chi connectivity index (χ1v) is 6.88. The molecule has 2 amide bonds. The van der Waals surface area contributed by atoms with Crippen LogP contribution < -0.4 is 11.1 Å². The molecule has 0 heterocycles. The number of nitrogens with zero attached hydrogens (tertiary/aromatic N) is 1. The molecule has 0 atom stereocenters. The molecular weight excluding hydrogens is 278 g/mol. The highest BCUT2D eigenvalue weighted by Crippen LogP contribution is 2.12. The van der Waals surface area contributed by atoms with Gasteiger partial charge >= 0.3 is 0 Å². The Morgan fingerprint density at radius 1 is 1.36 bits per heavy atom. The molecule has 0 saturated carbocycles. The third-order valence-corrected chi connectivity index (χ3v) is 2.99. The van der Waals surface area contributed by atoms with E-state index in [9.17, 15) is 9.59 Å². The van der Waals surface area contributed by atoms with E-state index in [2.05, 4.69) is 11.9 Å². The van der Waals surface area contributed by atoms with Gasteiger partial charge in [-0.1, -0.05) is 18.7 Å². The lowest BCUT2D eigenvalue weighted by Crippen LogP contribution is -2.25. The molecule has 0 saturated heterocycles. The fourth-order valence-electron chi connectivity index (χ4n) is 1.75. The minimum Gasteiger partial charge on any atom is -0.366 e. The van der Waals surface area contributed by atoms with Gasteiger partial charge in [-0.05, 0) is 43.5 Å². The second-order valence-corrected chi connectivity index (χ2v) is 4.91. The minimum atomic E-state index is -0.490. The van der Waals surface area contributed by atoms with Gasteiger partial charge in [0.1, 0.15) is 0 Å². The molecule has 0 fully saturated rings. The van der Waals surface area contributed by atoms with Crippen molar-refractivity contribution in [3.05, 3.63) is 53.1 Å². The summed E-state index contributed by atoms with van der Waals surface area (Å²) in [5.41, 5.74) is 7.66. The summed E-state index contributed by atoms with van der Waals surface area (Å²) in [6, 6.07) is 8.90. The van der Waals surface area contributed by atoms with Crippen LogP contribution in [0.1, 0.15) is 30.9 Å². The smallest absolute Gasteiger partial charge is 0.246 e. The quantitative estimate of drug-likeness (QED) is 0.594. The monoisotopic (exact) mass is 297 g/mol. The van der Waals surface area contributed by atoms with Crippen molar-refractivity contribution >= 4 is 17.9 Å². The van der Waals surface area contributed by atoms with Crippen LogP contribution in [0.5, 0.6) is 0 Å². The van der Waals surface area contributed by atoms with Gasteiger partial charge in [-0.25, -0.2) is 0 Å². The van der Waals surface area contributed by atoms with Crippen molar-refractivity contribution in [1.82, 2.24) is 5.32 Å². The molecular formula is C17H19N3O2. The van der Waals surface area contributed by atoms with E-state index in [1.54, 1.807) is 37.3 Å². The highest BCUT2D eigenvalue weighted by atomic mass is 16.2. The molecule has 1 aromatic rings. The number of rotatable bonds is 7. The molecule has 0 aliphatic carbocycles. The van der Waals surface area contributed by atoms with Gasteiger partial charge in [-0.15, -0.1) is 0 Å². The first-order valence-electron chi connectivity index (χ1n) is 6.88. The largest absolute Gasteiger partial charge is 0.366 e. The predicted octanol–water partition coefficient (Wildman–Crippen LogP) is 1.90. The number of primary amides is 1. The zero-order valence-corrected chi connectivity index (χ0v) is 12.6. The van der Waals surface area contributed by atoms with Crippen molar-refractivity contribution in [1.29, 1.82) is 5.26 Å². The van der Waals surface area contributed by atoms with Crippen LogP contribution in [-0.4, -0.2) is 18.4 Å². The van der Waals surface area contributed by atoms with Gasteiger partial charge in [0.2, 0.25) is 11.8 Å². The second kappa shape index (κ2) is 8.42. The van der Waals surface area contributed by atoms with Crippen LogP contribution in [-0.2, 0) is 9.59 Å². The van der Waals surface area contributed by atoms with E-state index in [0.29, 0.717) is 36.1 Å². The van der Waals surface area contributed by atoms with Gasteiger partial charge in [0.25, 0.3) is 0 Å². The van der Waals surface area contributed by atoms with E-state index in [1.807, 2.05) is 6.07 Å². The summed E-state index contributed by atoms with van der Waals surface area (Å²) in [6.07, 6.45) is 2.76. The van der Waals surface area contributed by atoms with Gasteiger partial charge in [0, 0.05) is 17.7 Å². The van der Waals surface area contributed by atoms with Gasteiger partial charge < -0.3 is 11.1 Å². The summed E-state index contributed by atoms with van der Waals surface area (Å²) in [5, 5.41) is 11.4. The van der Waals surface area contributed by atoms with E-state index in [0.717, 1.165) is 5.56 Å². The molecule has 5 heteroatoms. The lowest BCUT2D eigenvalue weighted by Gasteiger charge is -2.06. The molecule has 0 aromatic heterocycles. The van der Waals surface area contributed by atoms with Gasteiger partial charge in [0.05, 0.1) is 11.6 Å². The number of nitriles is 1. The number of carbonyl (C=O) groups is 2. The summed E-state index contributed by atoms with van der Waals surface area (Å²) < 4.78 is 0. The number of benzene rings is 1. The first kappa shape index (κ1) is 17.2. The Hall–Kier alpha value is -2.87. The maximum absolute atomic E-state index is 11.5. The van der Waals surface area contributed by atoms with Crippen molar-refractivity contribution in [2.45, 2.75) is 19.8 Å². The SMILES string of the molecule is C=C(C)C(=O)NCCC/C(=C\c1ccc(C#N)cc1)C(N)=O. The number of hydrogen-bond donors (Lipinski definition) is 2. The highest BCUT2D eigenvalue weighted by molar-refractivity contribution is 5.96. The second-order valence-electron chi connectivity index (χ2n) is 4.91. The molecule has 0 spiro atoms. The van der Waals surface area contributed by atoms with E-state index >= 15 is 0 Å². The van der Waals surface area contributed by atoms with E-state index in [4.69, 9.17) is 11.0 Å². The van der Waals surface area contributed by atoms with Crippen molar-refractivity contribution in [2.24, 2.45) is 5.73 Å². The van der Waals surface area contributed by atoms with E-state index in [-0.39, 0.29) is 5.91 Å². The van der Waals surface area contributed by atoms with Crippen LogP contribution in [0, 0.1) is 11.3 Å². The van der Waals surface area contributed by atoms with Crippen molar-refractivity contribution in [3.63, 3.8) is 0 Å². The molecule has 1 rings (SSSR count). The maximum atomic E-state index is 11.5. The minimum absolute atomic E-state index is 0.198. The summed E-state index contributed by atoms with van der Waals surface area (Å²) in [5.74, 6) is -0.688. The molecule has 0 aliphatic rings. The number of amides is 2. The maximum Gasteiger partial charge on any atom is 0.246 e. The molecule has 0 radical (unpaired) electrons. The fourth-order valence-corrected chi connectivity index (χ4v) is 1.75. The number of nitrogens with one attached hydrogen (secondary N) is 1. The van der Waals surface area contributed by atoms with Crippen LogP contribution in [0.25, 0.3) is 6.08 Å². The van der Waals surface area contributed by atoms with Crippen LogP contribution in [0.4, 0.5) is 0 Å². The van der Waals surface area contributed by atoms with Crippen LogP contribution in [0.15, 0.2) is 42.0 Å². The highest BCUT2D eigenvalue weighted by Gasteiger charge is 2.06. The Labute approximate surface area is 130 Å². The number of carbonyl (C=O) groups excluding carboxylic acids is 2. The van der Waals surface area contributed by atoms with Gasteiger partial charge in [-0.3, -0.25) is 9.59 Å². The molecule has 22 heavy (non-hydrogen) atoms.